The van der Waals surface area contributed by atoms with Gasteiger partial charge in [-0.25, -0.2) is 0 Å². The molecule has 0 aliphatic carbocycles. The standard InChI is InChI=1S/C18H16BrNO3/c1-11(16(21)12-6-4-3-5-7-12)18(23)14-10-13(19)8-9-15(14)20(2)17(18)22/h3-11,23H,1-2H3/t11-,18+/m0/s1. The molecule has 118 valence electrons. The fraction of sp³-hybridized carbons (Fsp3) is 0.222. The number of halogens is 1. The Labute approximate surface area is 142 Å². The molecule has 1 aliphatic rings. The van der Waals surface area contributed by atoms with Gasteiger partial charge in [-0.1, -0.05) is 53.2 Å². The van der Waals surface area contributed by atoms with Crippen LogP contribution in [0, 0.1) is 5.92 Å². The van der Waals surface area contributed by atoms with Gasteiger partial charge in [-0.2, -0.15) is 0 Å². The molecule has 0 fully saturated rings. The summed E-state index contributed by atoms with van der Waals surface area (Å²) in [6.07, 6.45) is 0. The van der Waals surface area contributed by atoms with Crippen LogP contribution in [0.3, 0.4) is 0 Å². The van der Waals surface area contributed by atoms with Gasteiger partial charge in [0.25, 0.3) is 5.91 Å². The van der Waals surface area contributed by atoms with Crippen molar-refractivity contribution in [3.63, 3.8) is 0 Å². The fourth-order valence-electron chi connectivity index (χ4n) is 3.05. The number of carbonyl (C=O) groups excluding carboxylic acids is 2. The van der Waals surface area contributed by atoms with Crippen molar-refractivity contribution in [1.82, 2.24) is 0 Å². The maximum Gasteiger partial charge on any atom is 0.264 e. The number of ketones is 1. The summed E-state index contributed by atoms with van der Waals surface area (Å²) in [6.45, 7) is 1.59. The second kappa shape index (κ2) is 5.58. The van der Waals surface area contributed by atoms with Gasteiger partial charge in [0.05, 0.1) is 11.6 Å². The van der Waals surface area contributed by atoms with Crippen LogP contribution in [0.25, 0.3) is 0 Å². The lowest BCUT2D eigenvalue weighted by molar-refractivity contribution is -0.139. The average molecular weight is 374 g/mol. The van der Waals surface area contributed by atoms with E-state index in [1.54, 1.807) is 56.4 Å². The van der Waals surface area contributed by atoms with Crippen LogP contribution in [0.15, 0.2) is 53.0 Å². The van der Waals surface area contributed by atoms with Crippen LogP contribution in [0.1, 0.15) is 22.8 Å². The van der Waals surface area contributed by atoms with E-state index in [2.05, 4.69) is 15.9 Å². The van der Waals surface area contributed by atoms with Crippen molar-refractivity contribution in [3.05, 3.63) is 64.1 Å². The first-order valence-electron chi connectivity index (χ1n) is 7.27. The Morgan fingerprint density at radius 1 is 1.22 bits per heavy atom. The first kappa shape index (κ1) is 15.9. The monoisotopic (exact) mass is 373 g/mol. The largest absolute Gasteiger partial charge is 0.375 e. The van der Waals surface area contributed by atoms with E-state index in [1.165, 1.54) is 4.90 Å². The van der Waals surface area contributed by atoms with Gasteiger partial charge in [0.1, 0.15) is 0 Å². The van der Waals surface area contributed by atoms with E-state index in [9.17, 15) is 14.7 Å². The third-order valence-corrected chi connectivity index (χ3v) is 4.93. The lowest BCUT2D eigenvalue weighted by atomic mass is 9.79. The SMILES string of the molecule is C[C@@H](C(=O)c1ccccc1)[C@]1(O)C(=O)N(C)c2ccc(Br)cc21. The molecule has 0 saturated carbocycles. The molecular formula is C18H16BrNO3. The third-order valence-electron chi connectivity index (χ3n) is 4.44. The Morgan fingerprint density at radius 2 is 1.87 bits per heavy atom. The Hall–Kier alpha value is -1.98. The van der Waals surface area contributed by atoms with Gasteiger partial charge in [-0.3, -0.25) is 9.59 Å². The number of Topliss-reactive ketones (excluding diaryl/α,β-unsaturated/α-hetero) is 1. The van der Waals surface area contributed by atoms with Crippen LogP contribution in [0.4, 0.5) is 5.69 Å². The van der Waals surface area contributed by atoms with Gasteiger partial charge in [0.15, 0.2) is 11.4 Å². The third kappa shape index (κ3) is 2.31. The number of hydrogen-bond donors (Lipinski definition) is 1. The molecule has 1 aliphatic heterocycles. The second-order valence-corrected chi connectivity index (χ2v) is 6.66. The normalized spacial score (nSPS) is 21.2. The van der Waals surface area contributed by atoms with Crippen LogP contribution in [-0.2, 0) is 10.4 Å². The summed E-state index contributed by atoms with van der Waals surface area (Å²) in [6, 6.07) is 14.0. The molecule has 2 aromatic carbocycles. The van der Waals surface area contributed by atoms with Gasteiger partial charge < -0.3 is 10.0 Å². The fourth-order valence-corrected chi connectivity index (χ4v) is 3.41. The van der Waals surface area contributed by atoms with Crippen LogP contribution < -0.4 is 4.90 Å². The highest BCUT2D eigenvalue weighted by Gasteiger charge is 2.54. The minimum atomic E-state index is -1.86. The van der Waals surface area contributed by atoms with Crippen LogP contribution in [-0.4, -0.2) is 23.8 Å². The molecule has 0 spiro atoms. The highest BCUT2D eigenvalue weighted by atomic mass is 79.9. The lowest BCUT2D eigenvalue weighted by Crippen LogP contribution is -2.46. The second-order valence-electron chi connectivity index (χ2n) is 5.74. The lowest BCUT2D eigenvalue weighted by Gasteiger charge is -2.28. The molecule has 0 radical (unpaired) electrons. The number of amides is 1. The Morgan fingerprint density at radius 3 is 2.52 bits per heavy atom. The minimum absolute atomic E-state index is 0.261. The van der Waals surface area contributed by atoms with E-state index >= 15 is 0 Å². The number of fused-ring (bicyclic) bond motifs is 1. The summed E-state index contributed by atoms with van der Waals surface area (Å²) in [7, 11) is 1.60. The molecule has 4 nitrogen and oxygen atoms in total. The molecule has 5 heteroatoms. The summed E-state index contributed by atoms with van der Waals surface area (Å²) < 4.78 is 0.747. The highest BCUT2D eigenvalue weighted by molar-refractivity contribution is 9.10. The van der Waals surface area contributed by atoms with Crippen molar-refractivity contribution < 1.29 is 14.7 Å². The molecule has 0 unspecified atom stereocenters. The van der Waals surface area contributed by atoms with E-state index in [4.69, 9.17) is 0 Å². The zero-order valence-electron chi connectivity index (χ0n) is 12.8. The molecule has 0 bridgehead atoms. The average Bonchev–Trinajstić information content (AvgIpc) is 2.76. The molecule has 1 heterocycles. The molecule has 1 N–H and O–H groups in total. The van der Waals surface area contributed by atoms with Crippen LogP contribution in [0.5, 0.6) is 0 Å². The summed E-state index contributed by atoms with van der Waals surface area (Å²) in [5, 5.41) is 11.2. The summed E-state index contributed by atoms with van der Waals surface area (Å²) in [5.41, 5.74) is -0.308. The zero-order chi connectivity index (χ0) is 16.8. The first-order chi connectivity index (χ1) is 10.9. The number of rotatable bonds is 3. The predicted octanol–water partition coefficient (Wildman–Crippen LogP) is 3.13. The predicted molar refractivity (Wildman–Crippen MR) is 91.4 cm³/mol. The van der Waals surface area contributed by atoms with Gasteiger partial charge in [-0.15, -0.1) is 0 Å². The molecule has 1 amide bonds. The van der Waals surface area contributed by atoms with Crippen LogP contribution in [0.2, 0.25) is 0 Å². The quantitative estimate of drug-likeness (QED) is 0.840. The van der Waals surface area contributed by atoms with E-state index in [-0.39, 0.29) is 5.78 Å². The minimum Gasteiger partial charge on any atom is -0.375 e. The highest BCUT2D eigenvalue weighted by Crippen LogP contribution is 2.45. The van der Waals surface area contributed by atoms with Crippen molar-refractivity contribution in [2.45, 2.75) is 12.5 Å². The van der Waals surface area contributed by atoms with E-state index in [0.29, 0.717) is 16.8 Å². The Bertz CT molecular complexity index is 790. The van der Waals surface area contributed by atoms with E-state index in [0.717, 1.165) is 4.47 Å². The molecule has 0 saturated heterocycles. The first-order valence-corrected chi connectivity index (χ1v) is 8.06. The molecule has 0 aromatic heterocycles. The zero-order valence-corrected chi connectivity index (χ0v) is 14.4. The van der Waals surface area contributed by atoms with Gasteiger partial charge >= 0.3 is 0 Å². The van der Waals surface area contributed by atoms with Gasteiger partial charge in [-0.05, 0) is 18.2 Å². The number of aliphatic hydroxyl groups is 1. The van der Waals surface area contributed by atoms with Gasteiger partial charge in [0.2, 0.25) is 0 Å². The van der Waals surface area contributed by atoms with Crippen molar-refractivity contribution >= 4 is 33.3 Å². The summed E-state index contributed by atoms with van der Waals surface area (Å²) in [4.78, 5) is 26.8. The Kier molecular flexibility index (Phi) is 3.86. The molecule has 3 rings (SSSR count). The molecule has 23 heavy (non-hydrogen) atoms. The number of anilines is 1. The molecule has 2 aromatic rings. The van der Waals surface area contributed by atoms with E-state index in [1.807, 2.05) is 6.07 Å². The van der Waals surface area contributed by atoms with Gasteiger partial charge in [0, 0.05) is 22.6 Å². The van der Waals surface area contributed by atoms with E-state index < -0.39 is 17.4 Å². The number of benzene rings is 2. The van der Waals surface area contributed by atoms with Crippen LogP contribution >= 0.6 is 15.9 Å². The number of carbonyl (C=O) groups is 2. The summed E-state index contributed by atoms with van der Waals surface area (Å²) >= 11 is 3.36. The smallest absolute Gasteiger partial charge is 0.264 e. The van der Waals surface area contributed by atoms with Crippen molar-refractivity contribution in [2.24, 2.45) is 5.92 Å². The van der Waals surface area contributed by atoms with Crippen molar-refractivity contribution in [1.29, 1.82) is 0 Å². The molecule has 2 atom stereocenters. The van der Waals surface area contributed by atoms with Crippen molar-refractivity contribution in [2.75, 3.05) is 11.9 Å². The Balaban J connectivity index is 2.10. The number of hydrogen-bond acceptors (Lipinski definition) is 3. The molecular weight excluding hydrogens is 358 g/mol. The number of nitrogens with zero attached hydrogens (tertiary/aromatic N) is 1. The topological polar surface area (TPSA) is 57.6 Å². The number of likely N-dealkylation sites (N-methyl/N-ethyl adjacent to an activating group) is 1. The maximum absolute atomic E-state index is 12.7. The maximum atomic E-state index is 12.7. The summed E-state index contributed by atoms with van der Waals surface area (Å²) in [5.74, 6) is -1.64. The van der Waals surface area contributed by atoms with Crippen molar-refractivity contribution in [3.8, 4) is 0 Å².